The van der Waals surface area contributed by atoms with Gasteiger partial charge in [0, 0.05) is 51.4 Å². The Morgan fingerprint density at radius 1 is 1.29 bits per heavy atom. The summed E-state index contributed by atoms with van der Waals surface area (Å²) in [5.74, 6) is 1.40. The van der Waals surface area contributed by atoms with E-state index in [4.69, 9.17) is 4.42 Å². The second-order valence-corrected chi connectivity index (χ2v) is 9.04. The van der Waals surface area contributed by atoms with E-state index in [1.807, 2.05) is 11.8 Å². The predicted octanol–water partition coefficient (Wildman–Crippen LogP) is 2.10. The molecule has 1 saturated carbocycles. The first-order valence-corrected chi connectivity index (χ1v) is 10.9. The molecule has 0 radical (unpaired) electrons. The molecule has 1 atom stereocenters. The molecule has 1 N–H and O–H groups in total. The number of nitrogens with one attached hydrogen (secondary N) is 1. The Kier molecular flexibility index (Phi) is 5.73. The minimum Gasteiger partial charge on any atom is -0.456 e. The number of furan rings is 1. The van der Waals surface area contributed by atoms with Crippen molar-refractivity contribution in [3.8, 4) is 0 Å². The van der Waals surface area contributed by atoms with Crippen molar-refractivity contribution < 1.29 is 18.8 Å². The summed E-state index contributed by atoms with van der Waals surface area (Å²) >= 11 is 0. The molecule has 8 nitrogen and oxygen atoms in total. The zero-order chi connectivity index (χ0) is 22.2. The van der Waals surface area contributed by atoms with E-state index in [-0.39, 0.29) is 29.1 Å². The Bertz CT molecular complexity index is 920. The number of carbonyl (C=O) groups excluding carboxylic acids is 3. The van der Waals surface area contributed by atoms with Gasteiger partial charge in [-0.2, -0.15) is 0 Å². The summed E-state index contributed by atoms with van der Waals surface area (Å²) in [5, 5.41) is 3.00. The van der Waals surface area contributed by atoms with Crippen molar-refractivity contribution in [2.45, 2.75) is 33.1 Å². The fourth-order valence-corrected chi connectivity index (χ4v) is 4.86. The van der Waals surface area contributed by atoms with E-state index in [9.17, 15) is 14.4 Å². The summed E-state index contributed by atoms with van der Waals surface area (Å²) in [7, 11) is 0. The molecule has 4 rings (SSSR count). The normalized spacial score (nSPS) is 22.5. The molecule has 1 aromatic heterocycles. The van der Waals surface area contributed by atoms with Gasteiger partial charge in [0.1, 0.15) is 5.76 Å². The van der Waals surface area contributed by atoms with Crippen molar-refractivity contribution in [2.75, 3.05) is 32.7 Å². The van der Waals surface area contributed by atoms with Crippen LogP contribution in [0.25, 0.3) is 6.08 Å². The Hall–Kier alpha value is -2.90. The first-order chi connectivity index (χ1) is 14.8. The number of rotatable bonds is 6. The highest BCUT2D eigenvalue weighted by Gasteiger charge is 2.55. The topological polar surface area (TPSA) is 95.2 Å². The predicted molar refractivity (Wildman–Crippen MR) is 116 cm³/mol. The summed E-state index contributed by atoms with van der Waals surface area (Å²) in [5.41, 5.74) is 1.06. The molecule has 3 amide bonds. The third kappa shape index (κ3) is 4.29. The van der Waals surface area contributed by atoms with Gasteiger partial charge in [-0.25, -0.2) is 0 Å². The Morgan fingerprint density at radius 2 is 2.00 bits per heavy atom. The smallest absolute Gasteiger partial charge is 0.287 e. The Morgan fingerprint density at radius 3 is 2.65 bits per heavy atom. The maximum absolute atomic E-state index is 12.6. The summed E-state index contributed by atoms with van der Waals surface area (Å²) < 4.78 is 5.57. The monoisotopic (exact) mass is 426 g/mol. The van der Waals surface area contributed by atoms with Gasteiger partial charge in [0.15, 0.2) is 5.76 Å². The van der Waals surface area contributed by atoms with E-state index in [0.29, 0.717) is 37.1 Å². The lowest BCUT2D eigenvalue weighted by molar-refractivity contribution is -0.148. The highest BCUT2D eigenvalue weighted by Crippen LogP contribution is 2.59. The van der Waals surface area contributed by atoms with Gasteiger partial charge in [-0.05, 0) is 56.4 Å². The molecule has 1 aromatic rings. The lowest BCUT2D eigenvalue weighted by Gasteiger charge is -2.42. The second kappa shape index (κ2) is 8.32. The molecule has 1 unspecified atom stereocenters. The largest absolute Gasteiger partial charge is 0.456 e. The van der Waals surface area contributed by atoms with Crippen molar-refractivity contribution >= 4 is 30.5 Å². The molecular weight excluding hydrogens is 396 g/mol. The summed E-state index contributed by atoms with van der Waals surface area (Å²) in [6, 6.07) is 1.72. The van der Waals surface area contributed by atoms with Gasteiger partial charge in [-0.1, -0.05) is 0 Å². The maximum atomic E-state index is 12.6. The van der Waals surface area contributed by atoms with Crippen LogP contribution in [-0.4, -0.2) is 67.0 Å². The van der Waals surface area contributed by atoms with E-state index >= 15 is 0 Å². The second-order valence-electron chi connectivity index (χ2n) is 9.04. The summed E-state index contributed by atoms with van der Waals surface area (Å²) in [4.78, 5) is 43.8. The van der Waals surface area contributed by atoms with Crippen LogP contribution < -0.4 is 5.32 Å². The number of hydrogen-bond acceptors (Lipinski definition) is 5. The van der Waals surface area contributed by atoms with Crippen molar-refractivity contribution in [3.63, 3.8) is 0 Å². The fraction of sp³-hybridized carbons (Fsp3) is 0.565. The van der Waals surface area contributed by atoms with E-state index in [2.05, 4.69) is 17.0 Å². The first-order valence-electron chi connectivity index (χ1n) is 10.9. The number of amides is 3. The third-order valence-electron chi connectivity index (χ3n) is 7.15. The Labute approximate surface area is 182 Å². The van der Waals surface area contributed by atoms with Crippen molar-refractivity contribution in [1.82, 2.24) is 15.1 Å². The molecule has 166 valence electrons. The molecule has 31 heavy (non-hydrogen) atoms. The molecule has 1 aliphatic carbocycles. The van der Waals surface area contributed by atoms with Gasteiger partial charge in [-0.3, -0.25) is 19.4 Å². The number of carbonyl (C=O) groups is 3. The summed E-state index contributed by atoms with van der Waals surface area (Å²) in [6.45, 7) is 10.0. The Balaban J connectivity index is 1.22. The van der Waals surface area contributed by atoms with Crippen LogP contribution in [0.3, 0.4) is 0 Å². The van der Waals surface area contributed by atoms with Crippen molar-refractivity contribution in [3.05, 3.63) is 29.4 Å². The van der Waals surface area contributed by atoms with E-state index in [1.165, 1.54) is 0 Å². The number of piperidine rings is 1. The van der Waals surface area contributed by atoms with Crippen LogP contribution in [0.1, 0.15) is 48.1 Å². The quantitative estimate of drug-likeness (QED) is 0.705. The molecule has 0 bridgehead atoms. The average molecular weight is 427 g/mol. The number of hydrogen-bond donors (Lipinski definition) is 1. The molecule has 8 heteroatoms. The van der Waals surface area contributed by atoms with Crippen LogP contribution in [0.4, 0.5) is 0 Å². The van der Waals surface area contributed by atoms with Crippen LogP contribution in [0, 0.1) is 24.2 Å². The molecule has 3 aliphatic rings. The third-order valence-corrected chi connectivity index (χ3v) is 7.15. The first kappa shape index (κ1) is 21.3. The van der Waals surface area contributed by atoms with Gasteiger partial charge < -0.3 is 19.5 Å². The molecule has 3 fully saturated rings. The van der Waals surface area contributed by atoms with Crippen molar-refractivity contribution in [1.29, 1.82) is 0 Å². The molecule has 2 aliphatic heterocycles. The summed E-state index contributed by atoms with van der Waals surface area (Å²) in [6.07, 6.45) is 6.37. The maximum Gasteiger partial charge on any atom is 0.287 e. The highest BCUT2D eigenvalue weighted by molar-refractivity contribution is 5.92. The van der Waals surface area contributed by atoms with Crippen LogP contribution in [0.5, 0.6) is 0 Å². The van der Waals surface area contributed by atoms with Crippen LogP contribution in [-0.2, 0) is 9.59 Å². The van der Waals surface area contributed by atoms with Gasteiger partial charge in [0.2, 0.25) is 11.8 Å². The molecule has 0 aromatic carbocycles. The number of likely N-dealkylation sites (tertiary alicyclic amines) is 2. The van der Waals surface area contributed by atoms with E-state index in [0.717, 1.165) is 37.9 Å². The SMILES string of the molecule is C=N/C=C\c1cc(C(=O)NCC2CC23CCN(C(=O)C2CN(C(C)=O)C2)CC3)oc1C. The zero-order valence-electron chi connectivity index (χ0n) is 18.2. The van der Waals surface area contributed by atoms with E-state index in [1.54, 1.807) is 30.2 Å². The van der Waals surface area contributed by atoms with Crippen molar-refractivity contribution in [2.24, 2.45) is 22.2 Å². The minimum atomic E-state index is -0.205. The zero-order valence-corrected chi connectivity index (χ0v) is 18.2. The van der Waals surface area contributed by atoms with Gasteiger partial charge in [-0.15, -0.1) is 0 Å². The highest BCUT2D eigenvalue weighted by atomic mass is 16.3. The number of aliphatic imine (C=N–C) groups is 1. The fourth-order valence-electron chi connectivity index (χ4n) is 4.86. The standard InChI is InChI=1S/C23H30N4O4/c1-15-17(4-7-24-3)10-20(31-15)21(29)25-12-19-11-23(19)5-8-26(9-6-23)22(30)18-13-27(14-18)16(2)28/h4,7,10,18-19H,3,5-6,8-9,11-14H2,1-2H3,(H,25,29)/b7-4-. The van der Waals surface area contributed by atoms with Gasteiger partial charge in [0.25, 0.3) is 5.91 Å². The molecule has 2 saturated heterocycles. The average Bonchev–Trinajstić information content (AvgIpc) is 3.23. The van der Waals surface area contributed by atoms with Gasteiger partial charge in [0.05, 0.1) is 5.92 Å². The van der Waals surface area contributed by atoms with Crippen LogP contribution >= 0.6 is 0 Å². The number of nitrogens with zero attached hydrogens (tertiary/aromatic N) is 3. The van der Waals surface area contributed by atoms with Crippen LogP contribution in [0.2, 0.25) is 0 Å². The molecule has 1 spiro atoms. The molecular formula is C23H30N4O4. The van der Waals surface area contributed by atoms with Crippen LogP contribution in [0.15, 0.2) is 21.7 Å². The van der Waals surface area contributed by atoms with Gasteiger partial charge >= 0.3 is 0 Å². The minimum absolute atomic E-state index is 0.0361. The lowest BCUT2D eigenvalue weighted by atomic mass is 9.89. The van der Waals surface area contributed by atoms with E-state index < -0.39 is 0 Å². The lowest BCUT2D eigenvalue weighted by Crippen LogP contribution is -2.57. The molecule has 3 heterocycles. The number of aryl methyl sites for hydroxylation is 1.